The van der Waals surface area contributed by atoms with Crippen molar-refractivity contribution >= 4 is 29.0 Å². The van der Waals surface area contributed by atoms with E-state index in [4.69, 9.17) is 4.42 Å². The van der Waals surface area contributed by atoms with Gasteiger partial charge in [0.15, 0.2) is 5.76 Å². The number of hydrogen-bond acceptors (Lipinski definition) is 5. The number of carbonyl (C=O) groups excluding carboxylic acids is 2. The van der Waals surface area contributed by atoms with Crippen molar-refractivity contribution in [3.05, 3.63) is 117 Å². The van der Waals surface area contributed by atoms with Crippen LogP contribution in [0, 0.1) is 26.7 Å². The first-order chi connectivity index (χ1) is 18.1. The molecule has 1 N–H and O–H groups in total. The van der Waals surface area contributed by atoms with Crippen molar-refractivity contribution in [2.45, 2.75) is 45.2 Å². The Kier molecular flexibility index (Phi) is 6.57. The number of carboxylic acid groups (broad SMARTS) is 1. The third kappa shape index (κ3) is 4.07. The lowest BCUT2D eigenvalue weighted by Crippen LogP contribution is -2.54. The summed E-state index contributed by atoms with van der Waals surface area (Å²) in [5.74, 6) is -2.88. The van der Waals surface area contributed by atoms with Crippen molar-refractivity contribution in [1.82, 2.24) is 4.90 Å². The predicted molar refractivity (Wildman–Crippen MR) is 146 cm³/mol. The molecule has 0 radical (unpaired) electrons. The summed E-state index contributed by atoms with van der Waals surface area (Å²) in [6.45, 7) is 7.18. The lowest BCUT2D eigenvalue weighted by atomic mass is 9.74. The quantitative estimate of drug-likeness (QED) is 0.286. The minimum absolute atomic E-state index is 0.158. The highest BCUT2D eigenvalue weighted by molar-refractivity contribution is 7.10. The van der Waals surface area contributed by atoms with Crippen LogP contribution in [0.2, 0.25) is 0 Å². The van der Waals surface area contributed by atoms with Crippen molar-refractivity contribution in [3.63, 3.8) is 0 Å². The molecule has 3 heterocycles. The predicted octanol–water partition coefficient (Wildman–Crippen LogP) is 6.59. The van der Waals surface area contributed by atoms with Crippen molar-refractivity contribution in [3.8, 4) is 0 Å². The summed E-state index contributed by atoms with van der Waals surface area (Å²) < 4.78 is 5.77. The molecular weight excluding hydrogens is 498 g/mol. The molecule has 1 saturated heterocycles. The van der Waals surface area contributed by atoms with E-state index in [1.807, 2.05) is 49.6 Å². The second-order valence-electron chi connectivity index (χ2n) is 10.1. The minimum Gasteiger partial charge on any atom is -0.479 e. The molecule has 2 aromatic heterocycles. The molecule has 2 aromatic carbocycles. The average molecular weight is 528 g/mol. The third-order valence-electron chi connectivity index (χ3n) is 7.61. The van der Waals surface area contributed by atoms with Crippen LogP contribution in [0.3, 0.4) is 0 Å². The maximum atomic E-state index is 14.3. The van der Waals surface area contributed by atoms with Crippen molar-refractivity contribution in [1.29, 1.82) is 0 Å². The Morgan fingerprint density at radius 2 is 1.68 bits per heavy atom. The molecule has 0 spiro atoms. The molecular formula is C31H29NO5S. The Morgan fingerprint density at radius 1 is 0.947 bits per heavy atom. The molecule has 5 rings (SSSR count). The van der Waals surface area contributed by atoms with Gasteiger partial charge in [0.25, 0.3) is 5.91 Å². The van der Waals surface area contributed by atoms with Gasteiger partial charge in [-0.2, -0.15) is 0 Å². The zero-order valence-corrected chi connectivity index (χ0v) is 22.5. The van der Waals surface area contributed by atoms with E-state index in [-0.39, 0.29) is 11.5 Å². The topological polar surface area (TPSA) is 87.8 Å². The molecule has 7 heteroatoms. The molecule has 194 valence electrons. The number of rotatable bonds is 6. The van der Waals surface area contributed by atoms with Gasteiger partial charge in [-0.05, 0) is 74.5 Å². The van der Waals surface area contributed by atoms with Crippen molar-refractivity contribution in [2.24, 2.45) is 5.92 Å². The van der Waals surface area contributed by atoms with Gasteiger partial charge in [-0.25, -0.2) is 4.79 Å². The Hall–Kier alpha value is -3.97. The first kappa shape index (κ1) is 25.7. The van der Waals surface area contributed by atoms with E-state index in [1.165, 1.54) is 16.2 Å². The van der Waals surface area contributed by atoms with Crippen LogP contribution in [-0.4, -0.2) is 33.2 Å². The lowest BCUT2D eigenvalue weighted by molar-refractivity contribution is -0.148. The van der Waals surface area contributed by atoms with Gasteiger partial charge in [0.2, 0.25) is 5.78 Å². The fourth-order valence-electron chi connectivity index (χ4n) is 5.78. The molecule has 0 aliphatic carbocycles. The first-order valence-electron chi connectivity index (χ1n) is 12.5. The number of aliphatic carboxylic acids is 1. The van der Waals surface area contributed by atoms with Crippen molar-refractivity contribution < 1.29 is 23.9 Å². The maximum Gasteiger partial charge on any atom is 0.330 e. The Balaban J connectivity index is 1.83. The molecule has 0 saturated carbocycles. The van der Waals surface area contributed by atoms with Crippen LogP contribution in [-0.2, 0) is 4.79 Å². The van der Waals surface area contributed by atoms with E-state index < -0.39 is 35.3 Å². The molecule has 6 nitrogen and oxygen atoms in total. The number of Topliss-reactive ketones (excluding diaryl/α,β-unsaturated/α-hetero) is 1. The molecule has 4 aromatic rings. The number of ketones is 1. The van der Waals surface area contributed by atoms with Gasteiger partial charge >= 0.3 is 5.97 Å². The fourth-order valence-corrected chi connectivity index (χ4v) is 6.98. The Morgan fingerprint density at radius 3 is 2.26 bits per heavy atom. The number of benzene rings is 2. The molecule has 4 unspecified atom stereocenters. The van der Waals surface area contributed by atoms with Gasteiger partial charge in [-0.1, -0.05) is 48.0 Å². The van der Waals surface area contributed by atoms with E-state index in [9.17, 15) is 19.5 Å². The average Bonchev–Trinajstić information content (AvgIpc) is 3.59. The summed E-state index contributed by atoms with van der Waals surface area (Å²) in [6.07, 6.45) is 0. The van der Waals surface area contributed by atoms with Gasteiger partial charge in [0.05, 0.1) is 12.0 Å². The molecule has 1 aliphatic rings. The molecule has 1 amide bonds. The highest BCUT2D eigenvalue weighted by atomic mass is 32.1. The zero-order chi connectivity index (χ0) is 27.2. The number of furan rings is 1. The maximum absolute atomic E-state index is 14.3. The number of hydrogen-bond donors (Lipinski definition) is 1. The summed E-state index contributed by atoms with van der Waals surface area (Å²) >= 11 is 1.41. The highest BCUT2D eigenvalue weighted by Crippen LogP contribution is 2.58. The second-order valence-corrected chi connectivity index (χ2v) is 11.0. The smallest absolute Gasteiger partial charge is 0.330 e. The number of nitrogens with zero attached hydrogens (tertiary/aromatic N) is 1. The van der Waals surface area contributed by atoms with Crippen LogP contribution < -0.4 is 0 Å². The van der Waals surface area contributed by atoms with E-state index in [0.29, 0.717) is 16.9 Å². The standard InChI is InChI=1S/C31H29NO5S/c1-18-9-8-12-22(17-18)26-24(27(33)23-14-13-20(3)37-23)25(28-19(2)15-16-38-28)31(4,30(35)36)32(26)29(34)21-10-6-5-7-11-21/h5-17,24-26H,1-4H3,(H,35,36). The van der Waals surface area contributed by atoms with Crippen LogP contribution in [0.1, 0.15) is 67.1 Å². The third-order valence-corrected chi connectivity index (χ3v) is 8.71. The van der Waals surface area contributed by atoms with Crippen LogP contribution >= 0.6 is 11.3 Å². The van der Waals surface area contributed by atoms with Crippen LogP contribution in [0.5, 0.6) is 0 Å². The zero-order valence-electron chi connectivity index (χ0n) is 21.7. The number of aryl methyl sites for hydroxylation is 3. The summed E-state index contributed by atoms with van der Waals surface area (Å²) in [7, 11) is 0. The number of carboxylic acids is 1. The summed E-state index contributed by atoms with van der Waals surface area (Å²) in [5, 5.41) is 12.8. The molecule has 1 fully saturated rings. The molecule has 0 bridgehead atoms. The number of amides is 1. The Bertz CT molecular complexity index is 1520. The fraction of sp³-hybridized carbons (Fsp3) is 0.258. The lowest BCUT2D eigenvalue weighted by Gasteiger charge is -2.38. The van der Waals surface area contributed by atoms with Gasteiger partial charge in [0, 0.05) is 16.4 Å². The Labute approximate surface area is 225 Å². The van der Waals surface area contributed by atoms with Gasteiger partial charge in [-0.3, -0.25) is 9.59 Å². The summed E-state index contributed by atoms with van der Waals surface area (Å²) in [6, 6.07) is 20.7. The van der Waals surface area contributed by atoms with Crippen LogP contribution in [0.15, 0.2) is 82.6 Å². The minimum atomic E-state index is -1.72. The van der Waals surface area contributed by atoms with Crippen LogP contribution in [0.25, 0.3) is 0 Å². The van der Waals surface area contributed by atoms with E-state index >= 15 is 0 Å². The summed E-state index contributed by atoms with van der Waals surface area (Å²) in [4.78, 5) is 44.1. The number of carbonyl (C=O) groups is 3. The van der Waals surface area contributed by atoms with E-state index in [1.54, 1.807) is 56.3 Å². The van der Waals surface area contributed by atoms with Crippen molar-refractivity contribution in [2.75, 3.05) is 0 Å². The second kappa shape index (κ2) is 9.72. The summed E-state index contributed by atoms with van der Waals surface area (Å²) in [5.41, 5.74) is 1.18. The molecule has 1 aliphatic heterocycles. The van der Waals surface area contributed by atoms with Gasteiger partial charge < -0.3 is 14.4 Å². The first-order valence-corrected chi connectivity index (χ1v) is 13.4. The SMILES string of the molecule is Cc1cccc(C2C(C(=O)c3ccc(C)o3)C(c3sccc3C)C(C)(C(=O)O)N2C(=O)c2ccccc2)c1. The van der Waals surface area contributed by atoms with E-state index in [2.05, 4.69) is 0 Å². The van der Waals surface area contributed by atoms with Gasteiger partial charge in [-0.15, -0.1) is 11.3 Å². The number of likely N-dealkylation sites (tertiary alicyclic amines) is 1. The van der Waals surface area contributed by atoms with Crippen LogP contribution in [0.4, 0.5) is 0 Å². The number of thiophene rings is 1. The molecule has 38 heavy (non-hydrogen) atoms. The normalized spacial score (nSPS) is 22.9. The van der Waals surface area contributed by atoms with E-state index in [0.717, 1.165) is 16.0 Å². The van der Waals surface area contributed by atoms with Gasteiger partial charge in [0.1, 0.15) is 11.3 Å². The molecule has 4 atom stereocenters. The monoisotopic (exact) mass is 527 g/mol. The largest absolute Gasteiger partial charge is 0.479 e. The highest BCUT2D eigenvalue weighted by Gasteiger charge is 2.65.